The Morgan fingerprint density at radius 2 is 1.85 bits per heavy atom. The lowest BCUT2D eigenvalue weighted by molar-refractivity contribution is 0.101. The average molecular weight is 365 g/mol. The minimum absolute atomic E-state index is 0.108. The van der Waals surface area contributed by atoms with Crippen molar-refractivity contribution in [2.45, 2.75) is 19.3 Å². The number of piperidine rings is 1. The summed E-state index contributed by atoms with van der Waals surface area (Å²) < 4.78 is 19.0. The summed E-state index contributed by atoms with van der Waals surface area (Å²) in [5.41, 5.74) is 2.17. The largest absolute Gasteiger partial charge is 0.371 e. The number of rotatable bonds is 4. The van der Waals surface area contributed by atoms with E-state index in [9.17, 15) is 9.18 Å². The van der Waals surface area contributed by atoms with Crippen LogP contribution in [0, 0.1) is 5.82 Å². The first-order valence-corrected chi connectivity index (χ1v) is 9.09. The smallest absolute Gasteiger partial charge is 0.277 e. The van der Waals surface area contributed by atoms with Gasteiger partial charge in [-0.15, -0.1) is 0 Å². The zero-order valence-corrected chi connectivity index (χ0v) is 14.8. The minimum atomic E-state index is -0.421. The van der Waals surface area contributed by atoms with Gasteiger partial charge in [-0.3, -0.25) is 4.79 Å². The summed E-state index contributed by atoms with van der Waals surface area (Å²) in [7, 11) is 0. The molecule has 0 aliphatic carbocycles. The number of anilines is 2. The molecule has 3 aromatic rings. The number of benzene rings is 2. The van der Waals surface area contributed by atoms with Crippen molar-refractivity contribution in [2.24, 2.45) is 0 Å². The second kappa shape index (κ2) is 7.61. The van der Waals surface area contributed by atoms with Gasteiger partial charge in [0.05, 0.1) is 5.56 Å². The zero-order chi connectivity index (χ0) is 18.6. The minimum Gasteiger partial charge on any atom is -0.371 e. The summed E-state index contributed by atoms with van der Waals surface area (Å²) in [5.74, 6) is -0.590. The lowest BCUT2D eigenvalue weighted by Gasteiger charge is -2.29. The van der Waals surface area contributed by atoms with Crippen molar-refractivity contribution in [1.29, 1.82) is 0 Å². The Hall–Kier alpha value is -3.15. The Labute approximate surface area is 156 Å². The first-order valence-electron chi connectivity index (χ1n) is 9.09. The Bertz CT molecular complexity index is 948. The van der Waals surface area contributed by atoms with Crippen molar-refractivity contribution >= 4 is 17.3 Å². The van der Waals surface area contributed by atoms with Gasteiger partial charge in [0, 0.05) is 30.5 Å². The van der Waals surface area contributed by atoms with Gasteiger partial charge in [-0.1, -0.05) is 23.4 Å². The van der Waals surface area contributed by atoms with E-state index in [2.05, 4.69) is 15.4 Å². The van der Waals surface area contributed by atoms with Crippen LogP contribution in [0.1, 0.15) is 29.8 Å². The van der Waals surface area contributed by atoms with Crippen LogP contribution in [0.4, 0.5) is 15.8 Å². The van der Waals surface area contributed by atoms with E-state index in [-0.39, 0.29) is 17.0 Å². The van der Waals surface area contributed by atoms with E-state index in [0.29, 0.717) is 5.69 Å². The van der Waals surface area contributed by atoms with Crippen LogP contribution >= 0.6 is 0 Å². The van der Waals surface area contributed by atoms with Gasteiger partial charge in [-0.05, 0) is 49.6 Å². The number of hydrogen-bond acceptors (Lipinski definition) is 4. The third-order valence-electron chi connectivity index (χ3n) is 4.71. The lowest BCUT2D eigenvalue weighted by atomic mass is 10.1. The van der Waals surface area contributed by atoms with Gasteiger partial charge in [0.2, 0.25) is 0 Å². The Morgan fingerprint density at radius 3 is 2.67 bits per heavy atom. The molecule has 5 nitrogen and oxygen atoms in total. The van der Waals surface area contributed by atoms with E-state index < -0.39 is 11.7 Å². The summed E-state index contributed by atoms with van der Waals surface area (Å²) in [6, 6.07) is 15.4. The molecule has 2 aromatic carbocycles. The van der Waals surface area contributed by atoms with E-state index in [1.54, 1.807) is 18.2 Å². The number of carbonyl (C=O) groups is 1. The molecule has 1 aliphatic heterocycles. The van der Waals surface area contributed by atoms with Crippen LogP contribution in [-0.4, -0.2) is 24.2 Å². The maximum atomic E-state index is 13.9. The molecule has 1 saturated heterocycles. The second-order valence-electron chi connectivity index (χ2n) is 6.61. The van der Waals surface area contributed by atoms with Crippen LogP contribution < -0.4 is 10.2 Å². The molecule has 138 valence electrons. The molecule has 1 aliphatic rings. The van der Waals surface area contributed by atoms with Gasteiger partial charge < -0.3 is 14.7 Å². The Kier molecular flexibility index (Phi) is 4.87. The third-order valence-corrected chi connectivity index (χ3v) is 4.71. The second-order valence-corrected chi connectivity index (χ2v) is 6.61. The average Bonchev–Trinajstić information content (AvgIpc) is 3.19. The van der Waals surface area contributed by atoms with Crippen LogP contribution in [-0.2, 0) is 0 Å². The molecule has 0 spiro atoms. The van der Waals surface area contributed by atoms with Gasteiger partial charge >= 0.3 is 0 Å². The predicted molar refractivity (Wildman–Crippen MR) is 102 cm³/mol. The molecule has 1 aromatic heterocycles. The van der Waals surface area contributed by atoms with Crippen LogP contribution in [0.5, 0.6) is 0 Å². The van der Waals surface area contributed by atoms with E-state index in [1.807, 2.05) is 24.3 Å². The van der Waals surface area contributed by atoms with Gasteiger partial charge in [0.15, 0.2) is 11.5 Å². The highest BCUT2D eigenvalue weighted by Crippen LogP contribution is 2.25. The number of nitrogens with one attached hydrogen (secondary N) is 1. The first-order chi connectivity index (χ1) is 13.2. The summed E-state index contributed by atoms with van der Waals surface area (Å²) in [6.07, 6.45) is 3.64. The number of nitrogens with zero attached hydrogens (tertiary/aromatic N) is 2. The maximum absolute atomic E-state index is 13.9. The molecule has 0 bridgehead atoms. The predicted octanol–water partition coefficient (Wildman–Crippen LogP) is 4.72. The van der Waals surface area contributed by atoms with Crippen molar-refractivity contribution in [3.8, 4) is 11.3 Å². The SMILES string of the molecule is O=C(Nc1cccc(N2CCCCC2)c1)c1cc(-c2ccccc2F)on1. The van der Waals surface area contributed by atoms with Gasteiger partial charge in [0.1, 0.15) is 5.82 Å². The molecule has 1 N–H and O–H groups in total. The molecular weight excluding hydrogens is 345 g/mol. The van der Waals surface area contributed by atoms with Crippen LogP contribution in [0.3, 0.4) is 0 Å². The van der Waals surface area contributed by atoms with Gasteiger partial charge in [-0.25, -0.2) is 4.39 Å². The number of halogens is 1. The first kappa shape index (κ1) is 17.3. The number of amides is 1. The summed E-state index contributed by atoms with van der Waals surface area (Å²) in [4.78, 5) is 14.8. The third kappa shape index (κ3) is 3.84. The zero-order valence-electron chi connectivity index (χ0n) is 14.8. The van der Waals surface area contributed by atoms with Crippen molar-refractivity contribution in [1.82, 2.24) is 5.16 Å². The standard InChI is InChI=1S/C21H20FN3O2/c22-18-10-3-2-9-17(18)20-14-19(24-27-20)21(26)23-15-7-6-8-16(13-15)25-11-4-1-5-12-25/h2-3,6-10,13-14H,1,4-5,11-12H2,(H,23,26). The molecule has 0 saturated carbocycles. The molecule has 4 rings (SSSR count). The Balaban J connectivity index is 1.49. The highest BCUT2D eigenvalue weighted by molar-refractivity contribution is 6.03. The molecule has 27 heavy (non-hydrogen) atoms. The summed E-state index contributed by atoms with van der Waals surface area (Å²) >= 11 is 0. The fraction of sp³-hybridized carbons (Fsp3) is 0.238. The number of hydrogen-bond donors (Lipinski definition) is 1. The summed E-state index contributed by atoms with van der Waals surface area (Å²) in [5, 5.41) is 6.61. The molecule has 1 fully saturated rings. The fourth-order valence-corrected chi connectivity index (χ4v) is 3.30. The highest BCUT2D eigenvalue weighted by atomic mass is 19.1. The van der Waals surface area contributed by atoms with E-state index in [1.165, 1.54) is 31.4 Å². The molecule has 1 amide bonds. The number of carbonyl (C=O) groups excluding carboxylic acids is 1. The van der Waals surface area contributed by atoms with Crippen LogP contribution in [0.25, 0.3) is 11.3 Å². The number of aromatic nitrogens is 1. The van der Waals surface area contributed by atoms with E-state index in [0.717, 1.165) is 18.8 Å². The quantitative estimate of drug-likeness (QED) is 0.727. The lowest BCUT2D eigenvalue weighted by Crippen LogP contribution is -2.29. The van der Waals surface area contributed by atoms with Crippen LogP contribution in [0.2, 0.25) is 0 Å². The van der Waals surface area contributed by atoms with Crippen molar-refractivity contribution in [2.75, 3.05) is 23.3 Å². The van der Waals surface area contributed by atoms with E-state index >= 15 is 0 Å². The molecule has 0 unspecified atom stereocenters. The monoisotopic (exact) mass is 365 g/mol. The maximum Gasteiger partial charge on any atom is 0.277 e. The molecular formula is C21H20FN3O2. The topological polar surface area (TPSA) is 58.4 Å². The molecule has 6 heteroatoms. The van der Waals surface area contributed by atoms with Crippen molar-refractivity contribution in [3.05, 3.63) is 66.1 Å². The summed E-state index contributed by atoms with van der Waals surface area (Å²) in [6.45, 7) is 2.07. The molecule has 0 radical (unpaired) electrons. The van der Waals surface area contributed by atoms with Crippen molar-refractivity contribution in [3.63, 3.8) is 0 Å². The fourth-order valence-electron chi connectivity index (χ4n) is 3.30. The highest BCUT2D eigenvalue weighted by Gasteiger charge is 2.17. The van der Waals surface area contributed by atoms with Gasteiger partial charge in [-0.2, -0.15) is 0 Å². The van der Waals surface area contributed by atoms with E-state index in [4.69, 9.17) is 4.52 Å². The van der Waals surface area contributed by atoms with Crippen molar-refractivity contribution < 1.29 is 13.7 Å². The molecule has 0 atom stereocenters. The molecule has 2 heterocycles. The van der Waals surface area contributed by atoms with Gasteiger partial charge in [0.25, 0.3) is 5.91 Å². The normalized spacial score (nSPS) is 14.2. The Morgan fingerprint density at radius 1 is 1.04 bits per heavy atom. The van der Waals surface area contributed by atoms with Crippen LogP contribution in [0.15, 0.2) is 59.1 Å².